The molecule has 3 aromatic rings. The molecular weight excluding hydrogens is 310 g/mol. The van der Waals surface area contributed by atoms with Gasteiger partial charge in [-0.15, -0.1) is 0 Å². The van der Waals surface area contributed by atoms with Crippen LogP contribution in [0.4, 0.5) is 0 Å². The van der Waals surface area contributed by atoms with Crippen LogP contribution >= 0.6 is 0 Å². The molecule has 0 aliphatic carbocycles. The molecule has 0 atom stereocenters. The molecule has 0 aliphatic heterocycles. The van der Waals surface area contributed by atoms with Crippen LogP contribution in [0, 0.1) is 0 Å². The van der Waals surface area contributed by atoms with Gasteiger partial charge in [-0.3, -0.25) is 0 Å². The van der Waals surface area contributed by atoms with Gasteiger partial charge in [0.15, 0.2) is 0 Å². The molecule has 0 spiro atoms. The third-order valence-corrected chi connectivity index (χ3v) is 3.83. The SMILES string of the molecule is C=Cc1ccc(-c2ccc(OCc3ccccc3)nc2)cc1OCC. The Balaban J connectivity index is 1.73. The minimum absolute atomic E-state index is 0.510. The molecule has 0 saturated heterocycles. The topological polar surface area (TPSA) is 31.4 Å². The van der Waals surface area contributed by atoms with Crippen molar-refractivity contribution in [1.29, 1.82) is 0 Å². The molecule has 1 aromatic heterocycles. The summed E-state index contributed by atoms with van der Waals surface area (Å²) in [6.45, 7) is 6.93. The second-order valence-corrected chi connectivity index (χ2v) is 5.55. The van der Waals surface area contributed by atoms with Crippen LogP contribution in [-0.2, 0) is 6.61 Å². The first-order chi connectivity index (χ1) is 12.3. The normalized spacial score (nSPS) is 10.3. The lowest BCUT2D eigenvalue weighted by Gasteiger charge is -2.10. The fourth-order valence-corrected chi connectivity index (χ4v) is 2.53. The number of aromatic nitrogens is 1. The molecule has 0 radical (unpaired) electrons. The molecule has 25 heavy (non-hydrogen) atoms. The van der Waals surface area contributed by atoms with Crippen LogP contribution in [0.15, 0.2) is 73.4 Å². The summed E-state index contributed by atoms with van der Waals surface area (Å²) in [6, 6.07) is 20.0. The summed E-state index contributed by atoms with van der Waals surface area (Å²) in [5, 5.41) is 0. The molecule has 3 heteroatoms. The van der Waals surface area contributed by atoms with Gasteiger partial charge >= 0.3 is 0 Å². The van der Waals surface area contributed by atoms with Gasteiger partial charge < -0.3 is 9.47 Å². The Labute approximate surface area is 148 Å². The zero-order valence-corrected chi connectivity index (χ0v) is 14.3. The van der Waals surface area contributed by atoms with Crippen molar-refractivity contribution in [2.24, 2.45) is 0 Å². The maximum Gasteiger partial charge on any atom is 0.213 e. The molecule has 0 fully saturated rings. The number of benzene rings is 2. The third-order valence-electron chi connectivity index (χ3n) is 3.83. The molecule has 2 aromatic carbocycles. The molecule has 0 saturated carbocycles. The molecule has 126 valence electrons. The molecule has 1 heterocycles. The van der Waals surface area contributed by atoms with Crippen molar-refractivity contribution in [2.75, 3.05) is 6.61 Å². The summed E-state index contributed by atoms with van der Waals surface area (Å²) in [4.78, 5) is 4.41. The summed E-state index contributed by atoms with van der Waals surface area (Å²) in [5.74, 6) is 1.44. The summed E-state index contributed by atoms with van der Waals surface area (Å²) >= 11 is 0. The highest BCUT2D eigenvalue weighted by Gasteiger charge is 2.06. The lowest BCUT2D eigenvalue weighted by molar-refractivity contribution is 0.294. The van der Waals surface area contributed by atoms with Crippen LogP contribution in [0.25, 0.3) is 17.2 Å². The van der Waals surface area contributed by atoms with E-state index in [1.165, 1.54) is 0 Å². The van der Waals surface area contributed by atoms with Crippen LogP contribution in [-0.4, -0.2) is 11.6 Å². The number of ether oxygens (including phenoxy) is 2. The van der Waals surface area contributed by atoms with Gasteiger partial charge in [-0.25, -0.2) is 4.98 Å². The second kappa shape index (κ2) is 8.15. The van der Waals surface area contributed by atoms with Crippen molar-refractivity contribution in [3.8, 4) is 22.8 Å². The molecule has 0 aliphatic rings. The van der Waals surface area contributed by atoms with Gasteiger partial charge in [-0.05, 0) is 30.2 Å². The lowest BCUT2D eigenvalue weighted by Crippen LogP contribution is -1.97. The number of rotatable bonds is 7. The Bertz CT molecular complexity index is 826. The van der Waals surface area contributed by atoms with E-state index in [1.807, 2.05) is 73.8 Å². The fourth-order valence-electron chi connectivity index (χ4n) is 2.53. The first-order valence-corrected chi connectivity index (χ1v) is 8.32. The van der Waals surface area contributed by atoms with E-state index in [-0.39, 0.29) is 0 Å². The first-order valence-electron chi connectivity index (χ1n) is 8.32. The van der Waals surface area contributed by atoms with Crippen LogP contribution in [0.1, 0.15) is 18.1 Å². The highest BCUT2D eigenvalue weighted by Crippen LogP contribution is 2.28. The van der Waals surface area contributed by atoms with Gasteiger partial charge in [0, 0.05) is 23.4 Å². The predicted octanol–water partition coefficient (Wildman–Crippen LogP) is 5.37. The van der Waals surface area contributed by atoms with Crippen LogP contribution in [0.5, 0.6) is 11.6 Å². The Morgan fingerprint density at radius 1 is 0.960 bits per heavy atom. The fraction of sp³-hybridized carbons (Fsp3) is 0.136. The largest absolute Gasteiger partial charge is 0.493 e. The monoisotopic (exact) mass is 331 g/mol. The minimum Gasteiger partial charge on any atom is -0.493 e. The van der Waals surface area contributed by atoms with E-state index < -0.39 is 0 Å². The molecule has 0 N–H and O–H groups in total. The van der Waals surface area contributed by atoms with E-state index in [9.17, 15) is 0 Å². The van der Waals surface area contributed by atoms with Crippen molar-refractivity contribution in [2.45, 2.75) is 13.5 Å². The van der Waals surface area contributed by atoms with Crippen molar-refractivity contribution >= 4 is 6.08 Å². The van der Waals surface area contributed by atoms with Crippen molar-refractivity contribution < 1.29 is 9.47 Å². The van der Waals surface area contributed by atoms with E-state index in [1.54, 1.807) is 6.08 Å². The van der Waals surface area contributed by atoms with E-state index in [4.69, 9.17) is 9.47 Å². The zero-order chi connectivity index (χ0) is 17.5. The van der Waals surface area contributed by atoms with Crippen molar-refractivity contribution in [1.82, 2.24) is 4.98 Å². The molecule has 3 nitrogen and oxygen atoms in total. The number of hydrogen-bond donors (Lipinski definition) is 0. The maximum atomic E-state index is 5.73. The van der Waals surface area contributed by atoms with Crippen molar-refractivity contribution in [3.05, 3.63) is 84.6 Å². The second-order valence-electron chi connectivity index (χ2n) is 5.55. The highest BCUT2D eigenvalue weighted by molar-refractivity contribution is 5.69. The van der Waals surface area contributed by atoms with Gasteiger partial charge in [0.1, 0.15) is 12.4 Å². The summed E-state index contributed by atoms with van der Waals surface area (Å²) in [7, 11) is 0. The first kappa shape index (κ1) is 16.8. The standard InChI is InChI=1S/C22H21NO2/c1-3-18-10-11-19(14-21(18)24-4-2)20-12-13-22(23-15-20)25-16-17-8-6-5-7-9-17/h3,5-15H,1,4,16H2,2H3. The van der Waals surface area contributed by atoms with E-state index in [0.29, 0.717) is 19.1 Å². The molecule has 0 amide bonds. The van der Waals surface area contributed by atoms with Gasteiger partial charge in [0.2, 0.25) is 5.88 Å². The van der Waals surface area contributed by atoms with E-state index >= 15 is 0 Å². The summed E-state index contributed by atoms with van der Waals surface area (Å²) in [5.41, 5.74) is 4.18. The van der Waals surface area contributed by atoms with Gasteiger partial charge in [0.25, 0.3) is 0 Å². The molecular formula is C22H21NO2. The Kier molecular flexibility index (Phi) is 5.47. The van der Waals surface area contributed by atoms with Crippen molar-refractivity contribution in [3.63, 3.8) is 0 Å². The highest BCUT2D eigenvalue weighted by atomic mass is 16.5. The van der Waals surface area contributed by atoms with Gasteiger partial charge in [0.05, 0.1) is 6.61 Å². The smallest absolute Gasteiger partial charge is 0.213 e. The predicted molar refractivity (Wildman–Crippen MR) is 102 cm³/mol. The Morgan fingerprint density at radius 3 is 2.44 bits per heavy atom. The van der Waals surface area contributed by atoms with E-state index in [2.05, 4.69) is 11.6 Å². The summed E-state index contributed by atoms with van der Waals surface area (Å²) in [6.07, 6.45) is 3.62. The average Bonchev–Trinajstić information content (AvgIpc) is 2.68. The number of pyridine rings is 1. The van der Waals surface area contributed by atoms with Gasteiger partial charge in [-0.1, -0.05) is 55.1 Å². The molecule has 0 unspecified atom stereocenters. The Hall–Kier alpha value is -3.07. The quantitative estimate of drug-likeness (QED) is 0.583. The third kappa shape index (κ3) is 4.27. The zero-order valence-electron chi connectivity index (χ0n) is 14.3. The number of nitrogens with zero attached hydrogens (tertiary/aromatic N) is 1. The van der Waals surface area contributed by atoms with Gasteiger partial charge in [-0.2, -0.15) is 0 Å². The maximum absolute atomic E-state index is 5.73. The number of hydrogen-bond acceptors (Lipinski definition) is 3. The minimum atomic E-state index is 0.510. The molecule has 3 rings (SSSR count). The molecule has 0 bridgehead atoms. The van der Waals surface area contributed by atoms with Crippen LogP contribution in [0.2, 0.25) is 0 Å². The summed E-state index contributed by atoms with van der Waals surface area (Å²) < 4.78 is 11.4. The lowest BCUT2D eigenvalue weighted by atomic mass is 10.0. The average molecular weight is 331 g/mol. The Morgan fingerprint density at radius 2 is 1.76 bits per heavy atom. The van der Waals surface area contributed by atoms with E-state index in [0.717, 1.165) is 28.0 Å². The van der Waals surface area contributed by atoms with Crippen LogP contribution in [0.3, 0.4) is 0 Å². The van der Waals surface area contributed by atoms with Crippen LogP contribution < -0.4 is 9.47 Å².